The van der Waals surface area contributed by atoms with E-state index < -0.39 is 17.2 Å². The summed E-state index contributed by atoms with van der Waals surface area (Å²) in [6.45, 7) is 80.3. The second-order valence-corrected chi connectivity index (χ2v) is 40.1. The SMILES string of the molecule is CC(C)(C)c1c[c-]c(OP(Oc2ccc(C(C)(C)C)cc2C(C)(C)C)Oc2ccc(C(C)(C)C)cc2C(C)(C)C)c(C(C)(C)C)c1.CC(C)(C)c1c[c-]c(OP(Oc2ccc(C(C)(C)C)cc2C(C)(C)C)Oc2ccc(C(C)(C)C)cc2C(C)(C)C)c(C(C)(C)C)c1.[Cl][Pd+].[Cl][Pd+]. The van der Waals surface area contributed by atoms with Gasteiger partial charge >= 0.3 is 72.6 Å². The molecule has 0 fully saturated rings. The summed E-state index contributed by atoms with van der Waals surface area (Å²) in [5.74, 6) is 4.44. The molecule has 0 heterocycles. The fourth-order valence-electron chi connectivity index (χ4n) is 10.3. The zero-order valence-electron chi connectivity index (χ0n) is 66.0. The molecule has 540 valence electrons. The van der Waals surface area contributed by atoms with E-state index in [-0.39, 0.29) is 65.0 Å². The summed E-state index contributed by atoms with van der Waals surface area (Å²) in [7, 11) is 5.13. The molecular weight excluding hydrogens is 1450 g/mol. The zero-order chi connectivity index (χ0) is 74.5. The van der Waals surface area contributed by atoms with Gasteiger partial charge < -0.3 is 27.1 Å². The van der Waals surface area contributed by atoms with E-state index in [9.17, 15) is 0 Å². The van der Waals surface area contributed by atoms with Crippen molar-refractivity contribution in [2.75, 3.05) is 0 Å². The van der Waals surface area contributed by atoms with Crippen LogP contribution in [0.1, 0.15) is 316 Å². The van der Waals surface area contributed by atoms with E-state index in [0.717, 1.165) is 56.4 Å². The molecule has 0 saturated heterocycles. The fourth-order valence-corrected chi connectivity index (χ4v) is 12.4. The molecule has 12 heteroatoms. The van der Waals surface area contributed by atoms with Crippen LogP contribution in [0.2, 0.25) is 0 Å². The van der Waals surface area contributed by atoms with E-state index >= 15 is 0 Å². The molecular formula is C84H124Cl2O6P2Pd2. The molecule has 0 radical (unpaired) electrons. The van der Waals surface area contributed by atoms with Crippen LogP contribution in [0.15, 0.2) is 97.1 Å². The molecule has 6 nitrogen and oxygen atoms in total. The normalized spacial score (nSPS) is 13.2. The topological polar surface area (TPSA) is 55.4 Å². The molecule has 0 unspecified atom stereocenters. The molecule has 0 bridgehead atoms. The van der Waals surface area contributed by atoms with Gasteiger partial charge in [0, 0.05) is 33.8 Å². The Morgan fingerprint density at radius 3 is 0.552 bits per heavy atom. The van der Waals surface area contributed by atoms with Crippen molar-refractivity contribution in [3.8, 4) is 34.5 Å². The van der Waals surface area contributed by atoms with E-state index in [4.69, 9.17) is 27.1 Å². The van der Waals surface area contributed by atoms with Gasteiger partial charge in [-0.25, -0.2) is 0 Å². The van der Waals surface area contributed by atoms with Crippen LogP contribution < -0.4 is 27.1 Å². The Balaban J connectivity index is 0.000000476. The average molecular weight is 1580 g/mol. The second kappa shape index (κ2) is 32.5. The number of hydrogen-bond acceptors (Lipinski definition) is 6. The number of hydrogen-bond donors (Lipinski definition) is 0. The minimum atomic E-state index is -1.92. The maximum absolute atomic E-state index is 6.88. The molecule has 0 N–H and O–H groups in total. The van der Waals surface area contributed by atoms with Gasteiger partial charge in [-0.2, -0.15) is 35.4 Å². The Bertz CT molecular complexity index is 2910. The van der Waals surface area contributed by atoms with Gasteiger partial charge in [0.05, 0.1) is 0 Å². The third kappa shape index (κ3) is 25.1. The molecule has 0 aliphatic heterocycles. The summed E-state index contributed by atoms with van der Waals surface area (Å²) >= 11 is 4.44. The van der Waals surface area contributed by atoms with Crippen LogP contribution in [0.5, 0.6) is 34.5 Å². The third-order valence-electron chi connectivity index (χ3n) is 16.8. The predicted octanol–water partition coefficient (Wildman–Crippen LogP) is 27.4. The van der Waals surface area contributed by atoms with Crippen molar-refractivity contribution in [2.45, 2.75) is 314 Å². The number of halogens is 2. The van der Waals surface area contributed by atoms with Gasteiger partial charge in [0.25, 0.3) is 0 Å². The summed E-state index contributed by atoms with van der Waals surface area (Å²) in [4.78, 5) is 0. The first-order valence-corrected chi connectivity index (χ1v) is 40.0. The van der Waals surface area contributed by atoms with Crippen LogP contribution in [0.25, 0.3) is 0 Å². The third-order valence-corrected chi connectivity index (χ3v) is 18.8. The Morgan fingerprint density at radius 2 is 0.396 bits per heavy atom. The first-order chi connectivity index (χ1) is 43.2. The standard InChI is InChI=1S/2C42H62O3P.2ClH.2Pd/c2*1-37(2,3)28-19-22-34(31(25-28)40(10,11)12)43-46(44-35-23-20-29(38(4,5)6)26-32(35)41(13,14)15)45-36-24-21-30(39(7,8)9)27-33(36)42(16,17)18;;;;/h2*19-23,25-27H,1-18H3;2*1H;;/q2*-1;;;2*+2/p-2. The molecule has 6 rings (SSSR count). The van der Waals surface area contributed by atoms with E-state index in [1.807, 2.05) is 0 Å². The molecule has 0 atom stereocenters. The van der Waals surface area contributed by atoms with Gasteiger partial charge in [0.15, 0.2) is 0 Å². The maximum atomic E-state index is 6.88. The van der Waals surface area contributed by atoms with E-state index in [2.05, 4.69) is 414 Å². The van der Waals surface area contributed by atoms with Crippen LogP contribution in [-0.4, -0.2) is 0 Å². The van der Waals surface area contributed by atoms with Crippen molar-refractivity contribution in [3.63, 3.8) is 0 Å². The van der Waals surface area contributed by atoms with Gasteiger partial charge in [0.2, 0.25) is 0 Å². The van der Waals surface area contributed by atoms with Crippen LogP contribution in [0.3, 0.4) is 0 Å². The molecule has 0 amide bonds. The quantitative estimate of drug-likeness (QED) is 0.0691. The van der Waals surface area contributed by atoms with E-state index in [0.29, 0.717) is 11.5 Å². The zero-order valence-corrected chi connectivity index (χ0v) is 72.4. The summed E-state index contributed by atoms with van der Waals surface area (Å²) in [5, 5.41) is 0. The molecule has 0 aliphatic rings. The summed E-state index contributed by atoms with van der Waals surface area (Å²) in [6.07, 6.45) is 0. The molecule has 6 aromatic carbocycles. The Kier molecular flexibility index (Phi) is 29.5. The van der Waals surface area contributed by atoms with Crippen LogP contribution in [-0.2, 0) is 101 Å². The number of benzene rings is 6. The average Bonchev–Trinajstić information content (AvgIpc) is 0.805. The van der Waals surface area contributed by atoms with Gasteiger partial charge in [-0.05, 0) is 89.8 Å². The molecule has 6 aromatic rings. The van der Waals surface area contributed by atoms with Crippen molar-refractivity contribution in [2.24, 2.45) is 0 Å². The summed E-state index contributed by atoms with van der Waals surface area (Å²) in [6, 6.07) is 41.8. The van der Waals surface area contributed by atoms with Crippen LogP contribution in [0.4, 0.5) is 0 Å². The predicted molar refractivity (Wildman–Crippen MR) is 410 cm³/mol. The second-order valence-electron chi connectivity index (χ2n) is 38.1. The van der Waals surface area contributed by atoms with E-state index in [1.54, 1.807) is 0 Å². The van der Waals surface area contributed by atoms with Gasteiger partial charge in [-0.3, -0.25) is 0 Å². The van der Waals surface area contributed by atoms with Gasteiger partial charge in [-0.15, -0.1) is 23.3 Å². The number of rotatable bonds is 12. The fraction of sp³-hybridized carbons (Fsp3) is 0.571. The summed E-state index contributed by atoms with van der Waals surface area (Å²) < 4.78 is 41.2. The molecule has 0 aromatic heterocycles. The molecule has 0 aliphatic carbocycles. The van der Waals surface area contributed by atoms with Crippen LogP contribution in [0, 0.1) is 12.1 Å². The monoisotopic (exact) mass is 1570 g/mol. The minimum absolute atomic E-state index is 0.0120. The van der Waals surface area contributed by atoms with Crippen molar-refractivity contribution >= 4 is 36.3 Å². The molecule has 0 spiro atoms. The van der Waals surface area contributed by atoms with Crippen LogP contribution >= 0.6 is 36.3 Å². The molecule has 0 saturated carbocycles. The van der Waals surface area contributed by atoms with Gasteiger partial charge in [-0.1, -0.05) is 319 Å². The summed E-state index contributed by atoms with van der Waals surface area (Å²) in [5.41, 5.74) is 13.2. The van der Waals surface area contributed by atoms with E-state index in [1.165, 1.54) is 33.4 Å². The van der Waals surface area contributed by atoms with Crippen molar-refractivity contribution in [1.29, 1.82) is 0 Å². The van der Waals surface area contributed by atoms with Crippen molar-refractivity contribution in [1.82, 2.24) is 0 Å². The Morgan fingerprint density at radius 1 is 0.229 bits per heavy atom. The Hall–Kier alpha value is -3.12. The van der Waals surface area contributed by atoms with Crippen molar-refractivity contribution < 1.29 is 63.5 Å². The van der Waals surface area contributed by atoms with Crippen molar-refractivity contribution in [3.05, 3.63) is 176 Å². The Labute approximate surface area is 619 Å². The first-order valence-electron chi connectivity index (χ1n) is 33.8. The molecule has 96 heavy (non-hydrogen) atoms. The van der Waals surface area contributed by atoms with Gasteiger partial charge in [0.1, 0.15) is 23.0 Å². The first kappa shape index (κ1) is 87.1.